The van der Waals surface area contributed by atoms with Crippen molar-refractivity contribution in [2.45, 2.75) is 37.2 Å². The highest BCUT2D eigenvalue weighted by atomic mass is 35.5. The van der Waals surface area contributed by atoms with Gasteiger partial charge in [-0.25, -0.2) is 4.39 Å². The van der Waals surface area contributed by atoms with E-state index in [1.165, 1.54) is 16.8 Å². The van der Waals surface area contributed by atoms with E-state index < -0.39 is 33.2 Å². The minimum Gasteiger partial charge on any atom is -0.389 e. The minimum absolute atomic E-state index is 0.0651. The Morgan fingerprint density at radius 3 is 2.61 bits per heavy atom. The van der Waals surface area contributed by atoms with Gasteiger partial charge in [0.15, 0.2) is 0 Å². The number of amides is 1. The molecule has 2 aliphatic rings. The van der Waals surface area contributed by atoms with Gasteiger partial charge in [0.1, 0.15) is 23.0 Å². The Balaban J connectivity index is 1.52. The van der Waals surface area contributed by atoms with Gasteiger partial charge < -0.3 is 16.2 Å². The normalized spacial score (nSPS) is 27.0. The molecule has 2 saturated carbocycles. The number of halogens is 2. The van der Waals surface area contributed by atoms with Crippen LogP contribution in [-0.4, -0.2) is 47.7 Å². The van der Waals surface area contributed by atoms with E-state index in [-0.39, 0.29) is 34.2 Å². The maximum Gasteiger partial charge on any atom is 0.269 e. The van der Waals surface area contributed by atoms with Gasteiger partial charge >= 0.3 is 0 Å². The standard InChI is InChI=1S/C21H26ClFN4O5S/c1-27-19(24)17(20(28)25-14-3-4-16(23)15(22)7-14)18(26-27)11-5-12-8-21(29,9-13(12)6-11)10-33(30,31)32-2/h3-4,7,11-13,29H,5-6,8-10,24H2,1-2H3,(H,25,28). The molecule has 4 N–H and O–H groups in total. The Bertz CT molecular complexity index is 1190. The molecule has 4 rings (SSSR count). The molecule has 2 aromatic rings. The number of carbonyl (C=O) groups is 1. The second-order valence-electron chi connectivity index (χ2n) is 9.04. The molecule has 1 amide bonds. The van der Waals surface area contributed by atoms with Crippen molar-refractivity contribution in [3.8, 4) is 0 Å². The van der Waals surface area contributed by atoms with E-state index in [1.807, 2.05) is 0 Å². The van der Waals surface area contributed by atoms with Gasteiger partial charge in [-0.3, -0.25) is 13.7 Å². The van der Waals surface area contributed by atoms with E-state index in [1.54, 1.807) is 7.05 Å². The summed E-state index contributed by atoms with van der Waals surface area (Å²) in [5.74, 6) is -1.16. The number of rotatable bonds is 6. The van der Waals surface area contributed by atoms with Crippen molar-refractivity contribution in [2.24, 2.45) is 18.9 Å². The highest BCUT2D eigenvalue weighted by Gasteiger charge is 2.51. The lowest BCUT2D eigenvalue weighted by Gasteiger charge is -2.23. The van der Waals surface area contributed by atoms with Crippen LogP contribution < -0.4 is 11.1 Å². The Hall–Kier alpha value is -2.21. The number of carbonyl (C=O) groups excluding carboxylic acids is 1. The van der Waals surface area contributed by atoms with Crippen LogP contribution in [0.15, 0.2) is 18.2 Å². The number of nitrogens with zero attached hydrogens (tertiary/aromatic N) is 2. The first-order valence-corrected chi connectivity index (χ1v) is 12.5. The van der Waals surface area contributed by atoms with Gasteiger partial charge in [0.25, 0.3) is 16.0 Å². The number of hydrogen-bond acceptors (Lipinski definition) is 7. The van der Waals surface area contributed by atoms with E-state index >= 15 is 0 Å². The zero-order valence-electron chi connectivity index (χ0n) is 18.2. The molecule has 0 spiro atoms. The number of hydrogen-bond donors (Lipinski definition) is 3. The van der Waals surface area contributed by atoms with Crippen molar-refractivity contribution in [2.75, 3.05) is 23.9 Å². The van der Waals surface area contributed by atoms with Crippen molar-refractivity contribution in [3.63, 3.8) is 0 Å². The predicted molar refractivity (Wildman–Crippen MR) is 121 cm³/mol. The summed E-state index contributed by atoms with van der Waals surface area (Å²) in [5, 5.41) is 17.9. The van der Waals surface area contributed by atoms with Gasteiger partial charge in [0.05, 0.1) is 23.4 Å². The maximum absolute atomic E-state index is 13.4. The second-order valence-corrected chi connectivity index (χ2v) is 11.2. The average molecular weight is 501 g/mol. The first-order valence-electron chi connectivity index (χ1n) is 10.5. The smallest absolute Gasteiger partial charge is 0.269 e. The van der Waals surface area contributed by atoms with Gasteiger partial charge in [-0.2, -0.15) is 13.5 Å². The van der Waals surface area contributed by atoms with Crippen molar-refractivity contribution >= 4 is 39.1 Å². The number of aromatic nitrogens is 2. The predicted octanol–water partition coefficient (Wildman–Crippen LogP) is 2.66. The minimum atomic E-state index is -3.78. The van der Waals surface area contributed by atoms with Crippen LogP contribution in [0, 0.1) is 17.7 Å². The first-order chi connectivity index (χ1) is 15.4. The molecule has 1 heterocycles. The van der Waals surface area contributed by atoms with Gasteiger partial charge in [0, 0.05) is 18.7 Å². The molecule has 180 valence electrons. The van der Waals surface area contributed by atoms with E-state index in [2.05, 4.69) is 14.6 Å². The molecule has 2 atom stereocenters. The molecule has 2 unspecified atom stereocenters. The highest BCUT2D eigenvalue weighted by molar-refractivity contribution is 7.86. The summed E-state index contributed by atoms with van der Waals surface area (Å²) in [5.41, 5.74) is 5.97. The molecule has 33 heavy (non-hydrogen) atoms. The number of benzene rings is 1. The Kier molecular flexibility index (Phi) is 6.19. The number of nitrogens with one attached hydrogen (secondary N) is 1. The van der Waals surface area contributed by atoms with Crippen LogP contribution in [0.25, 0.3) is 0 Å². The third-order valence-corrected chi connectivity index (χ3v) is 8.42. The van der Waals surface area contributed by atoms with Gasteiger partial charge in [-0.1, -0.05) is 11.6 Å². The molecule has 1 aromatic heterocycles. The Morgan fingerprint density at radius 2 is 2.03 bits per heavy atom. The molecule has 0 aliphatic heterocycles. The lowest BCUT2D eigenvalue weighted by atomic mass is 9.92. The number of anilines is 2. The topological polar surface area (TPSA) is 137 Å². The van der Waals surface area contributed by atoms with Crippen molar-refractivity contribution < 1.29 is 26.9 Å². The number of fused-ring (bicyclic) bond motifs is 1. The van der Waals surface area contributed by atoms with E-state index in [0.29, 0.717) is 37.1 Å². The summed E-state index contributed by atoms with van der Waals surface area (Å²) < 4.78 is 43.1. The summed E-state index contributed by atoms with van der Waals surface area (Å²) in [6.45, 7) is 0. The Labute approximate surface area is 196 Å². The van der Waals surface area contributed by atoms with Crippen molar-refractivity contribution in [3.05, 3.63) is 40.3 Å². The fraction of sp³-hybridized carbons (Fsp3) is 0.524. The van der Waals surface area contributed by atoms with E-state index in [0.717, 1.165) is 13.2 Å². The average Bonchev–Trinajstić information content (AvgIpc) is 3.33. The summed E-state index contributed by atoms with van der Waals surface area (Å²) >= 11 is 5.81. The largest absolute Gasteiger partial charge is 0.389 e. The molecular weight excluding hydrogens is 475 g/mol. The van der Waals surface area contributed by atoms with Crippen molar-refractivity contribution in [1.82, 2.24) is 9.78 Å². The second kappa shape index (κ2) is 8.53. The van der Waals surface area contributed by atoms with E-state index in [4.69, 9.17) is 17.3 Å². The summed E-state index contributed by atoms with van der Waals surface area (Å²) in [7, 11) is -1.05. The van der Waals surface area contributed by atoms with Crippen LogP contribution in [0.2, 0.25) is 5.02 Å². The fourth-order valence-corrected chi connectivity index (χ4v) is 6.54. The van der Waals surface area contributed by atoms with Gasteiger partial charge in [0.2, 0.25) is 0 Å². The molecule has 0 radical (unpaired) electrons. The van der Waals surface area contributed by atoms with Gasteiger partial charge in [-0.05, 0) is 55.7 Å². The molecular formula is C21H26ClFN4O5S. The van der Waals surface area contributed by atoms with Crippen molar-refractivity contribution in [1.29, 1.82) is 0 Å². The molecule has 9 nitrogen and oxygen atoms in total. The molecule has 12 heteroatoms. The number of nitrogens with two attached hydrogens (primary N) is 1. The number of nitrogen functional groups attached to an aromatic ring is 1. The van der Waals surface area contributed by atoms with Crippen LogP contribution in [0.3, 0.4) is 0 Å². The van der Waals surface area contributed by atoms with Crippen LogP contribution in [0.5, 0.6) is 0 Å². The lowest BCUT2D eigenvalue weighted by molar-refractivity contribution is 0.0591. The molecule has 0 saturated heterocycles. The molecule has 1 aromatic carbocycles. The first kappa shape index (κ1) is 23.9. The molecule has 2 aliphatic carbocycles. The zero-order valence-corrected chi connectivity index (χ0v) is 19.8. The zero-order chi connectivity index (χ0) is 24.1. The highest BCUT2D eigenvalue weighted by Crippen LogP contribution is 2.54. The summed E-state index contributed by atoms with van der Waals surface area (Å²) in [6, 6.07) is 3.88. The third-order valence-electron chi connectivity index (χ3n) is 6.73. The van der Waals surface area contributed by atoms with Crippen LogP contribution in [0.4, 0.5) is 15.9 Å². The van der Waals surface area contributed by atoms with Gasteiger partial charge in [-0.15, -0.1) is 0 Å². The summed E-state index contributed by atoms with van der Waals surface area (Å²) in [6.07, 6.45) is 1.99. The van der Waals surface area contributed by atoms with Crippen LogP contribution >= 0.6 is 11.6 Å². The van der Waals surface area contributed by atoms with Crippen LogP contribution in [0.1, 0.15) is 47.7 Å². The maximum atomic E-state index is 13.4. The third kappa shape index (κ3) is 4.72. The van der Waals surface area contributed by atoms with E-state index in [9.17, 15) is 22.7 Å². The summed E-state index contributed by atoms with van der Waals surface area (Å²) in [4.78, 5) is 13.1. The SMILES string of the molecule is COS(=O)(=O)CC1(O)CC2CC(c3nn(C)c(N)c3C(=O)Nc3ccc(F)c(Cl)c3)CC2C1. The fourth-order valence-electron chi connectivity index (χ4n) is 5.34. The number of aryl methyl sites for hydroxylation is 1. The van der Waals surface area contributed by atoms with Crippen LogP contribution in [-0.2, 0) is 21.3 Å². The molecule has 0 bridgehead atoms. The lowest BCUT2D eigenvalue weighted by Crippen LogP contribution is -2.35. The number of aliphatic hydroxyl groups is 1. The Morgan fingerprint density at radius 1 is 1.39 bits per heavy atom. The molecule has 2 fully saturated rings. The monoisotopic (exact) mass is 500 g/mol. The quantitative estimate of drug-likeness (QED) is 0.518.